The van der Waals surface area contributed by atoms with Gasteiger partial charge in [0.2, 0.25) is 0 Å². The molecule has 0 atom stereocenters. The van der Waals surface area contributed by atoms with Crippen LogP contribution in [-0.2, 0) is 24.4 Å². The van der Waals surface area contributed by atoms with Crippen LogP contribution in [0.4, 0.5) is 0 Å². The van der Waals surface area contributed by atoms with Gasteiger partial charge in [-0.3, -0.25) is 0 Å². The fourth-order valence-corrected chi connectivity index (χ4v) is 2.21. The second kappa shape index (κ2) is 7.68. The van der Waals surface area contributed by atoms with Gasteiger partial charge in [-0.2, -0.15) is 0 Å². The Morgan fingerprint density at radius 1 is 0.800 bits per heavy atom. The summed E-state index contributed by atoms with van der Waals surface area (Å²) in [6.07, 6.45) is 0. The highest BCUT2D eigenvalue weighted by Crippen LogP contribution is 2.17. The molecule has 0 unspecified atom stereocenters. The molecule has 106 valence electrons. The highest BCUT2D eigenvalue weighted by atomic mass is 16.5. The first-order valence-electron chi connectivity index (χ1n) is 6.73. The van der Waals surface area contributed by atoms with Gasteiger partial charge in [0.25, 0.3) is 0 Å². The average Bonchev–Trinajstić information content (AvgIpc) is 2.50. The summed E-state index contributed by atoms with van der Waals surface area (Å²) in [6, 6.07) is 16.4. The molecule has 0 fully saturated rings. The Labute approximate surface area is 120 Å². The Morgan fingerprint density at radius 3 is 2.10 bits per heavy atom. The van der Waals surface area contributed by atoms with E-state index in [1.807, 2.05) is 24.3 Å². The van der Waals surface area contributed by atoms with E-state index in [-0.39, 0.29) is 0 Å². The summed E-state index contributed by atoms with van der Waals surface area (Å²) >= 11 is 0. The molecule has 0 aliphatic heterocycles. The van der Waals surface area contributed by atoms with Crippen LogP contribution in [0.15, 0.2) is 48.5 Å². The van der Waals surface area contributed by atoms with Gasteiger partial charge in [0.15, 0.2) is 0 Å². The minimum atomic E-state index is 0.645. The lowest BCUT2D eigenvalue weighted by Crippen LogP contribution is -2.14. The van der Waals surface area contributed by atoms with Crippen LogP contribution in [0.5, 0.6) is 5.75 Å². The minimum Gasteiger partial charge on any atom is -0.496 e. The lowest BCUT2D eigenvalue weighted by atomic mass is 10.1. The van der Waals surface area contributed by atoms with Gasteiger partial charge in [0.1, 0.15) is 5.75 Å². The Bertz CT molecular complexity index is 540. The summed E-state index contributed by atoms with van der Waals surface area (Å²) in [5, 5.41) is 3.46. The molecule has 0 heterocycles. The third kappa shape index (κ3) is 3.83. The summed E-state index contributed by atoms with van der Waals surface area (Å²) in [5.74, 6) is 0.921. The van der Waals surface area contributed by atoms with Crippen LogP contribution in [0.1, 0.15) is 16.7 Å². The number of rotatable bonds is 7. The topological polar surface area (TPSA) is 30.5 Å². The molecule has 0 radical (unpaired) electrons. The summed E-state index contributed by atoms with van der Waals surface area (Å²) < 4.78 is 10.6. The van der Waals surface area contributed by atoms with E-state index in [0.717, 1.165) is 18.8 Å². The second-order valence-corrected chi connectivity index (χ2v) is 4.62. The molecule has 0 amide bonds. The highest BCUT2D eigenvalue weighted by molar-refractivity contribution is 5.33. The van der Waals surface area contributed by atoms with E-state index in [9.17, 15) is 0 Å². The van der Waals surface area contributed by atoms with E-state index < -0.39 is 0 Å². The first kappa shape index (κ1) is 14.6. The van der Waals surface area contributed by atoms with Crippen molar-refractivity contribution >= 4 is 0 Å². The van der Waals surface area contributed by atoms with Gasteiger partial charge in [-0.1, -0.05) is 42.5 Å². The molecular formula is C17H21NO2. The molecule has 0 saturated carbocycles. The summed E-state index contributed by atoms with van der Waals surface area (Å²) in [4.78, 5) is 0. The van der Waals surface area contributed by atoms with E-state index in [1.54, 1.807) is 14.2 Å². The molecule has 0 aromatic heterocycles. The quantitative estimate of drug-likeness (QED) is 0.839. The van der Waals surface area contributed by atoms with Gasteiger partial charge < -0.3 is 14.8 Å². The van der Waals surface area contributed by atoms with Crippen molar-refractivity contribution in [2.75, 3.05) is 14.2 Å². The Hall–Kier alpha value is -1.84. The maximum atomic E-state index is 5.35. The van der Waals surface area contributed by atoms with Crippen LogP contribution in [0, 0.1) is 0 Å². The largest absolute Gasteiger partial charge is 0.496 e. The summed E-state index contributed by atoms with van der Waals surface area (Å²) in [5.41, 5.74) is 3.66. The number of methoxy groups -OCH3 is 2. The smallest absolute Gasteiger partial charge is 0.123 e. The Balaban J connectivity index is 1.96. The molecule has 0 saturated heterocycles. The monoisotopic (exact) mass is 271 g/mol. The maximum Gasteiger partial charge on any atom is 0.123 e. The van der Waals surface area contributed by atoms with Crippen LogP contribution in [-0.4, -0.2) is 14.2 Å². The van der Waals surface area contributed by atoms with Crippen molar-refractivity contribution in [1.82, 2.24) is 5.32 Å². The molecule has 3 nitrogen and oxygen atoms in total. The summed E-state index contributed by atoms with van der Waals surface area (Å²) in [7, 11) is 3.42. The van der Waals surface area contributed by atoms with Crippen LogP contribution in [0.2, 0.25) is 0 Å². The molecular weight excluding hydrogens is 250 g/mol. The third-order valence-electron chi connectivity index (χ3n) is 3.24. The zero-order valence-electron chi connectivity index (χ0n) is 12.1. The molecule has 20 heavy (non-hydrogen) atoms. The first-order chi connectivity index (χ1) is 9.85. The molecule has 2 aromatic carbocycles. The number of ether oxygens (including phenoxy) is 2. The number of nitrogens with one attached hydrogen (secondary N) is 1. The lowest BCUT2D eigenvalue weighted by Gasteiger charge is -2.12. The average molecular weight is 271 g/mol. The SMILES string of the molecule is COCc1ccccc1CNCc1ccccc1OC. The predicted octanol–water partition coefficient (Wildman–Crippen LogP) is 3.13. The fraction of sp³-hybridized carbons (Fsp3) is 0.294. The fourth-order valence-electron chi connectivity index (χ4n) is 2.21. The standard InChI is InChI=1S/C17H21NO2/c1-19-13-16-9-4-3-7-14(16)11-18-12-15-8-5-6-10-17(15)20-2/h3-10,18H,11-13H2,1-2H3. The molecule has 2 rings (SSSR count). The second-order valence-electron chi connectivity index (χ2n) is 4.62. The highest BCUT2D eigenvalue weighted by Gasteiger charge is 2.03. The van der Waals surface area contributed by atoms with Crippen LogP contribution in [0.3, 0.4) is 0 Å². The molecule has 3 heteroatoms. The number of benzene rings is 2. The van der Waals surface area contributed by atoms with Crippen LogP contribution < -0.4 is 10.1 Å². The molecule has 1 N–H and O–H groups in total. The van der Waals surface area contributed by atoms with E-state index >= 15 is 0 Å². The first-order valence-corrected chi connectivity index (χ1v) is 6.73. The third-order valence-corrected chi connectivity index (χ3v) is 3.24. The Kier molecular flexibility index (Phi) is 5.59. The van der Waals surface area contributed by atoms with E-state index in [4.69, 9.17) is 9.47 Å². The zero-order chi connectivity index (χ0) is 14.2. The number of hydrogen-bond acceptors (Lipinski definition) is 3. The van der Waals surface area contributed by atoms with Gasteiger partial charge in [-0.05, 0) is 17.2 Å². The van der Waals surface area contributed by atoms with E-state index in [1.165, 1.54) is 16.7 Å². The zero-order valence-corrected chi connectivity index (χ0v) is 12.1. The normalized spacial score (nSPS) is 10.5. The van der Waals surface area contributed by atoms with Gasteiger partial charge in [0, 0.05) is 25.8 Å². The minimum absolute atomic E-state index is 0.645. The van der Waals surface area contributed by atoms with Crippen molar-refractivity contribution < 1.29 is 9.47 Å². The number of hydrogen-bond donors (Lipinski definition) is 1. The van der Waals surface area contributed by atoms with Gasteiger partial charge >= 0.3 is 0 Å². The predicted molar refractivity (Wildman–Crippen MR) is 80.7 cm³/mol. The van der Waals surface area contributed by atoms with Crippen molar-refractivity contribution in [2.24, 2.45) is 0 Å². The van der Waals surface area contributed by atoms with Crippen molar-refractivity contribution in [1.29, 1.82) is 0 Å². The molecule has 2 aromatic rings. The molecule has 0 spiro atoms. The van der Waals surface area contributed by atoms with Crippen LogP contribution >= 0.6 is 0 Å². The van der Waals surface area contributed by atoms with Crippen molar-refractivity contribution in [3.05, 3.63) is 65.2 Å². The van der Waals surface area contributed by atoms with Crippen molar-refractivity contribution in [2.45, 2.75) is 19.7 Å². The molecule has 0 aliphatic carbocycles. The van der Waals surface area contributed by atoms with Crippen LogP contribution in [0.25, 0.3) is 0 Å². The molecule has 0 bridgehead atoms. The van der Waals surface area contributed by atoms with Gasteiger partial charge in [0.05, 0.1) is 13.7 Å². The van der Waals surface area contributed by atoms with E-state index in [2.05, 4.69) is 29.6 Å². The maximum absolute atomic E-state index is 5.35. The van der Waals surface area contributed by atoms with Gasteiger partial charge in [-0.15, -0.1) is 0 Å². The van der Waals surface area contributed by atoms with E-state index in [0.29, 0.717) is 6.61 Å². The Morgan fingerprint density at radius 2 is 1.40 bits per heavy atom. The van der Waals surface area contributed by atoms with Crippen molar-refractivity contribution in [3.63, 3.8) is 0 Å². The summed E-state index contributed by atoms with van der Waals surface area (Å²) in [6.45, 7) is 2.25. The lowest BCUT2D eigenvalue weighted by molar-refractivity contribution is 0.184. The van der Waals surface area contributed by atoms with Gasteiger partial charge in [-0.25, -0.2) is 0 Å². The number of para-hydroxylation sites is 1. The van der Waals surface area contributed by atoms with Crippen molar-refractivity contribution in [3.8, 4) is 5.75 Å². The molecule has 0 aliphatic rings.